The smallest absolute Gasteiger partial charge is 0.251 e. The van der Waals surface area contributed by atoms with E-state index < -0.39 is 0 Å². The fourth-order valence-electron chi connectivity index (χ4n) is 1.45. The fraction of sp³-hybridized carbons (Fsp3) is 0.222. The summed E-state index contributed by atoms with van der Waals surface area (Å²) in [5, 5.41) is 2.70. The van der Waals surface area contributed by atoms with Crippen LogP contribution < -0.4 is 5.32 Å². The van der Waals surface area contributed by atoms with Gasteiger partial charge in [0, 0.05) is 12.1 Å². The molecule has 13 heavy (non-hydrogen) atoms. The lowest BCUT2D eigenvalue weighted by Gasteiger charge is -2.17. The first-order valence-corrected chi connectivity index (χ1v) is 4.74. The topological polar surface area (TPSA) is 29.1 Å². The summed E-state index contributed by atoms with van der Waals surface area (Å²) in [6.07, 6.45) is 0.680. The molecule has 0 saturated heterocycles. The van der Waals surface area contributed by atoms with Gasteiger partial charge >= 0.3 is 0 Å². The number of carbonyl (C=O) groups excluding carboxylic acids is 1. The zero-order valence-electron chi connectivity index (χ0n) is 6.73. The molecule has 2 nitrogen and oxygen atoms in total. The first-order valence-electron chi connectivity index (χ1n) is 3.95. The second-order valence-corrected chi connectivity index (χ2v) is 3.69. The zero-order valence-corrected chi connectivity index (χ0v) is 8.32. The predicted octanol–water partition coefficient (Wildman–Crippen LogP) is 1.87. The van der Waals surface area contributed by atoms with Crippen LogP contribution in [0.3, 0.4) is 0 Å². The molecule has 0 spiro atoms. The molecular formula is C9H7BrFNO. The normalized spacial score (nSPS) is 15.1. The summed E-state index contributed by atoms with van der Waals surface area (Å²) in [6, 6.07) is 2.82. The molecule has 1 aliphatic heterocycles. The van der Waals surface area contributed by atoms with Crippen LogP contribution in [0.4, 0.5) is 4.39 Å². The van der Waals surface area contributed by atoms with Crippen molar-refractivity contribution < 1.29 is 9.18 Å². The second-order valence-electron chi connectivity index (χ2n) is 2.89. The van der Waals surface area contributed by atoms with E-state index in [0.717, 1.165) is 5.56 Å². The van der Waals surface area contributed by atoms with E-state index in [4.69, 9.17) is 0 Å². The van der Waals surface area contributed by atoms with E-state index in [9.17, 15) is 9.18 Å². The van der Waals surface area contributed by atoms with Crippen LogP contribution in [-0.4, -0.2) is 12.5 Å². The minimum atomic E-state index is -0.312. The number of amides is 1. The minimum Gasteiger partial charge on any atom is -0.352 e. The van der Waals surface area contributed by atoms with E-state index in [1.165, 1.54) is 12.1 Å². The molecule has 1 N–H and O–H groups in total. The molecule has 1 aliphatic rings. The van der Waals surface area contributed by atoms with Crippen molar-refractivity contribution in [1.82, 2.24) is 5.32 Å². The number of nitrogens with one attached hydrogen (secondary N) is 1. The third-order valence-electron chi connectivity index (χ3n) is 2.10. The highest BCUT2D eigenvalue weighted by atomic mass is 79.9. The molecule has 2 rings (SSSR count). The number of carbonyl (C=O) groups is 1. The third-order valence-corrected chi connectivity index (χ3v) is 2.96. The van der Waals surface area contributed by atoms with Crippen LogP contribution in [0.25, 0.3) is 0 Å². The molecule has 0 radical (unpaired) electrons. The Morgan fingerprint density at radius 2 is 2.23 bits per heavy atom. The van der Waals surface area contributed by atoms with Crippen LogP contribution in [0.1, 0.15) is 15.9 Å². The summed E-state index contributed by atoms with van der Waals surface area (Å²) in [7, 11) is 0. The number of benzene rings is 1. The Kier molecular flexibility index (Phi) is 2.07. The van der Waals surface area contributed by atoms with Gasteiger partial charge in [-0.2, -0.15) is 0 Å². The molecule has 1 aromatic rings. The standard InChI is InChI=1S/C9H7BrFNO/c10-8-5-3-4-12-9(13)6(5)1-2-7(8)11/h1-2H,3-4H2,(H,12,13). The highest BCUT2D eigenvalue weighted by Crippen LogP contribution is 2.26. The maximum atomic E-state index is 13.1. The Labute approximate surface area is 83.3 Å². The first-order chi connectivity index (χ1) is 6.20. The largest absolute Gasteiger partial charge is 0.352 e. The molecule has 0 aliphatic carbocycles. The first kappa shape index (κ1) is 8.69. The lowest BCUT2D eigenvalue weighted by molar-refractivity contribution is 0.0945. The molecule has 1 heterocycles. The third kappa shape index (κ3) is 1.35. The molecule has 0 saturated carbocycles. The van der Waals surface area contributed by atoms with Crippen molar-refractivity contribution in [3.8, 4) is 0 Å². The lowest BCUT2D eigenvalue weighted by atomic mass is 10.0. The van der Waals surface area contributed by atoms with Crippen LogP contribution in [0, 0.1) is 5.82 Å². The van der Waals surface area contributed by atoms with Crippen molar-refractivity contribution in [2.75, 3.05) is 6.54 Å². The van der Waals surface area contributed by atoms with Gasteiger partial charge in [0.1, 0.15) is 5.82 Å². The molecule has 1 amide bonds. The summed E-state index contributed by atoms with van der Waals surface area (Å²) < 4.78 is 13.5. The maximum absolute atomic E-state index is 13.1. The van der Waals surface area contributed by atoms with Crippen LogP contribution in [0.15, 0.2) is 16.6 Å². The van der Waals surface area contributed by atoms with Gasteiger partial charge in [-0.3, -0.25) is 4.79 Å². The molecule has 1 aromatic carbocycles. The Bertz CT molecular complexity index is 378. The van der Waals surface area contributed by atoms with Crippen molar-refractivity contribution >= 4 is 21.8 Å². The number of rotatable bonds is 0. The Morgan fingerprint density at radius 1 is 1.46 bits per heavy atom. The number of hydrogen-bond donors (Lipinski definition) is 1. The lowest BCUT2D eigenvalue weighted by Crippen LogP contribution is -2.32. The van der Waals surface area contributed by atoms with Crippen LogP contribution in [0.2, 0.25) is 0 Å². The Balaban J connectivity index is 2.63. The molecule has 0 bridgehead atoms. The maximum Gasteiger partial charge on any atom is 0.251 e. The van der Waals surface area contributed by atoms with E-state index in [1.54, 1.807) is 0 Å². The summed E-state index contributed by atoms with van der Waals surface area (Å²) in [6.45, 7) is 0.577. The van der Waals surface area contributed by atoms with Crippen LogP contribution in [0.5, 0.6) is 0 Å². The quantitative estimate of drug-likeness (QED) is 0.741. The van der Waals surface area contributed by atoms with E-state index in [-0.39, 0.29) is 11.7 Å². The summed E-state index contributed by atoms with van der Waals surface area (Å²) in [4.78, 5) is 11.3. The summed E-state index contributed by atoms with van der Waals surface area (Å²) in [5.41, 5.74) is 1.34. The van der Waals surface area contributed by atoms with Crippen LogP contribution in [-0.2, 0) is 6.42 Å². The van der Waals surface area contributed by atoms with Gasteiger partial charge in [0.25, 0.3) is 5.91 Å². The van der Waals surface area contributed by atoms with Gasteiger partial charge in [-0.1, -0.05) is 0 Å². The highest BCUT2D eigenvalue weighted by Gasteiger charge is 2.20. The second kappa shape index (κ2) is 3.10. The predicted molar refractivity (Wildman–Crippen MR) is 50.1 cm³/mol. The van der Waals surface area contributed by atoms with Crippen molar-refractivity contribution in [2.24, 2.45) is 0 Å². The van der Waals surface area contributed by atoms with Crippen molar-refractivity contribution in [3.05, 3.63) is 33.5 Å². The Hall–Kier alpha value is -0.900. The van der Waals surface area contributed by atoms with Gasteiger partial charge in [-0.05, 0) is 40.0 Å². The number of fused-ring (bicyclic) bond motifs is 1. The number of hydrogen-bond acceptors (Lipinski definition) is 1. The molecular weight excluding hydrogens is 237 g/mol. The highest BCUT2D eigenvalue weighted by molar-refractivity contribution is 9.10. The van der Waals surface area contributed by atoms with E-state index in [1.807, 2.05) is 0 Å². The average molecular weight is 244 g/mol. The summed E-state index contributed by atoms with van der Waals surface area (Å²) >= 11 is 3.14. The van der Waals surface area contributed by atoms with E-state index >= 15 is 0 Å². The Morgan fingerprint density at radius 3 is 3.00 bits per heavy atom. The van der Waals surface area contributed by atoms with Crippen molar-refractivity contribution in [1.29, 1.82) is 0 Å². The van der Waals surface area contributed by atoms with Gasteiger partial charge in [-0.25, -0.2) is 4.39 Å². The van der Waals surface area contributed by atoms with Gasteiger partial charge in [0.2, 0.25) is 0 Å². The molecule has 4 heteroatoms. The zero-order chi connectivity index (χ0) is 9.42. The molecule has 0 aromatic heterocycles. The monoisotopic (exact) mass is 243 g/mol. The van der Waals surface area contributed by atoms with Gasteiger partial charge in [0.05, 0.1) is 4.47 Å². The number of halogens is 2. The fourth-order valence-corrected chi connectivity index (χ4v) is 1.99. The van der Waals surface area contributed by atoms with Crippen LogP contribution >= 0.6 is 15.9 Å². The van der Waals surface area contributed by atoms with Gasteiger partial charge in [-0.15, -0.1) is 0 Å². The summed E-state index contributed by atoms with van der Waals surface area (Å²) in [5.74, 6) is -0.435. The van der Waals surface area contributed by atoms with E-state index in [0.29, 0.717) is 23.0 Å². The average Bonchev–Trinajstić information content (AvgIpc) is 2.12. The molecule has 0 atom stereocenters. The molecule has 0 unspecified atom stereocenters. The van der Waals surface area contributed by atoms with E-state index in [2.05, 4.69) is 21.2 Å². The SMILES string of the molecule is O=C1NCCc2c1ccc(F)c2Br. The van der Waals surface area contributed by atoms with Gasteiger partial charge < -0.3 is 5.32 Å². The van der Waals surface area contributed by atoms with Crippen molar-refractivity contribution in [3.63, 3.8) is 0 Å². The van der Waals surface area contributed by atoms with Crippen molar-refractivity contribution in [2.45, 2.75) is 6.42 Å². The molecule has 0 fully saturated rings. The molecule has 68 valence electrons. The van der Waals surface area contributed by atoms with Gasteiger partial charge in [0.15, 0.2) is 0 Å². The minimum absolute atomic E-state index is 0.123.